The number of rotatable bonds is 2. The lowest BCUT2D eigenvalue weighted by Crippen LogP contribution is -2.42. The minimum absolute atomic E-state index is 0.176. The topological polar surface area (TPSA) is 66.6 Å². The summed E-state index contributed by atoms with van der Waals surface area (Å²) in [6.07, 6.45) is 1.15. The van der Waals surface area contributed by atoms with Crippen LogP contribution in [0.5, 0.6) is 0 Å². The van der Waals surface area contributed by atoms with Gasteiger partial charge in [-0.3, -0.25) is 4.79 Å². The fourth-order valence-electron chi connectivity index (χ4n) is 2.21. The van der Waals surface area contributed by atoms with E-state index in [1.165, 1.54) is 11.3 Å². The van der Waals surface area contributed by atoms with Crippen LogP contribution in [0, 0.1) is 0 Å². The van der Waals surface area contributed by atoms with Crippen molar-refractivity contribution in [2.75, 3.05) is 13.1 Å². The van der Waals surface area contributed by atoms with Crippen LogP contribution < -0.4 is 0 Å². The summed E-state index contributed by atoms with van der Waals surface area (Å²) in [5.41, 5.74) is 0.303. The maximum atomic E-state index is 12.2. The van der Waals surface area contributed by atoms with E-state index in [2.05, 4.69) is 5.16 Å². The van der Waals surface area contributed by atoms with Crippen LogP contribution in [0.25, 0.3) is 10.6 Å². The third-order valence-corrected chi connectivity index (χ3v) is 4.06. The first kappa shape index (κ1) is 12.4. The number of aliphatic hydroxyl groups excluding tert-OH is 1. The molecule has 0 radical (unpaired) electrons. The largest absolute Gasteiger partial charge is 0.391 e. The summed E-state index contributed by atoms with van der Waals surface area (Å²) in [5.74, 6) is 0.432. The quantitative estimate of drug-likeness (QED) is 0.912. The van der Waals surface area contributed by atoms with Crippen molar-refractivity contribution in [1.82, 2.24) is 10.1 Å². The molecule has 5 nitrogen and oxygen atoms in total. The first-order valence-electron chi connectivity index (χ1n) is 6.22. The number of carbonyl (C=O) groups excluding carboxylic acids is 1. The van der Waals surface area contributed by atoms with E-state index in [0.29, 0.717) is 24.5 Å². The summed E-state index contributed by atoms with van der Waals surface area (Å²) in [7, 11) is 0. The molecule has 3 heterocycles. The maximum absolute atomic E-state index is 12.2. The van der Waals surface area contributed by atoms with Crippen molar-refractivity contribution < 1.29 is 14.4 Å². The molecule has 0 aliphatic carbocycles. The first-order valence-corrected chi connectivity index (χ1v) is 7.10. The molecule has 6 heteroatoms. The molecule has 1 aliphatic heterocycles. The molecule has 1 amide bonds. The van der Waals surface area contributed by atoms with Gasteiger partial charge in [0.05, 0.1) is 11.0 Å². The summed E-state index contributed by atoms with van der Waals surface area (Å²) >= 11 is 1.54. The van der Waals surface area contributed by atoms with Crippen molar-refractivity contribution in [2.45, 2.75) is 18.9 Å². The first-order chi connectivity index (χ1) is 9.24. The zero-order valence-electron chi connectivity index (χ0n) is 10.3. The number of thiophene rings is 1. The Morgan fingerprint density at radius 3 is 3.21 bits per heavy atom. The normalized spacial score (nSPS) is 19.6. The highest BCUT2D eigenvalue weighted by molar-refractivity contribution is 7.13. The Morgan fingerprint density at radius 2 is 2.47 bits per heavy atom. The smallest absolute Gasteiger partial charge is 0.276 e. The molecule has 0 spiro atoms. The molecule has 0 saturated carbocycles. The SMILES string of the molecule is O=C(c1cc(-c2cccs2)on1)N1CCC[C@H](O)C1. The maximum Gasteiger partial charge on any atom is 0.276 e. The number of aliphatic hydroxyl groups is 1. The van der Waals surface area contributed by atoms with E-state index in [1.54, 1.807) is 11.0 Å². The molecule has 100 valence electrons. The van der Waals surface area contributed by atoms with E-state index in [0.717, 1.165) is 17.7 Å². The average molecular weight is 278 g/mol. The molecular weight excluding hydrogens is 264 g/mol. The van der Waals surface area contributed by atoms with E-state index < -0.39 is 6.10 Å². The van der Waals surface area contributed by atoms with Gasteiger partial charge in [0.15, 0.2) is 11.5 Å². The summed E-state index contributed by atoms with van der Waals surface area (Å²) in [5, 5.41) is 15.4. The Morgan fingerprint density at radius 1 is 1.58 bits per heavy atom. The fraction of sp³-hybridized carbons (Fsp3) is 0.385. The molecule has 2 aromatic heterocycles. The van der Waals surface area contributed by atoms with Gasteiger partial charge in [-0.1, -0.05) is 11.2 Å². The Hall–Kier alpha value is -1.66. The fourth-order valence-corrected chi connectivity index (χ4v) is 2.89. The van der Waals surface area contributed by atoms with Gasteiger partial charge in [0, 0.05) is 19.2 Å². The van der Waals surface area contributed by atoms with Gasteiger partial charge in [0.2, 0.25) is 0 Å². The Bertz CT molecular complexity index is 564. The van der Waals surface area contributed by atoms with Crippen molar-refractivity contribution in [3.63, 3.8) is 0 Å². The Balaban J connectivity index is 1.77. The number of β-amino-alcohol motifs (C(OH)–C–C–N with tert-alkyl or cyclic N) is 1. The van der Waals surface area contributed by atoms with Gasteiger partial charge in [0.1, 0.15) is 0 Å². The minimum Gasteiger partial charge on any atom is -0.391 e. The predicted octanol–water partition coefficient (Wildman–Crippen LogP) is 2.00. The molecule has 1 atom stereocenters. The molecule has 19 heavy (non-hydrogen) atoms. The molecular formula is C13H14N2O3S. The molecule has 2 aromatic rings. The summed E-state index contributed by atoms with van der Waals surface area (Å²) in [6, 6.07) is 5.50. The van der Waals surface area contributed by atoms with E-state index in [-0.39, 0.29) is 5.91 Å². The van der Waals surface area contributed by atoms with Crippen LogP contribution in [0.15, 0.2) is 28.1 Å². The van der Waals surface area contributed by atoms with Crippen molar-refractivity contribution >= 4 is 17.2 Å². The Kier molecular flexibility index (Phi) is 3.35. The number of nitrogens with zero attached hydrogens (tertiary/aromatic N) is 2. The van der Waals surface area contributed by atoms with Crippen LogP contribution in [-0.2, 0) is 0 Å². The number of aromatic nitrogens is 1. The molecule has 0 bridgehead atoms. The molecule has 1 saturated heterocycles. The highest BCUT2D eigenvalue weighted by Gasteiger charge is 2.25. The van der Waals surface area contributed by atoms with Crippen LogP contribution in [0.1, 0.15) is 23.3 Å². The summed E-state index contributed by atoms with van der Waals surface area (Å²) < 4.78 is 5.20. The second-order valence-electron chi connectivity index (χ2n) is 4.60. The lowest BCUT2D eigenvalue weighted by Gasteiger charge is -2.29. The number of likely N-dealkylation sites (tertiary alicyclic amines) is 1. The van der Waals surface area contributed by atoms with E-state index in [9.17, 15) is 9.90 Å². The van der Waals surface area contributed by atoms with Gasteiger partial charge in [0.25, 0.3) is 5.91 Å². The molecule has 3 rings (SSSR count). The highest BCUT2D eigenvalue weighted by Crippen LogP contribution is 2.25. The zero-order chi connectivity index (χ0) is 13.2. The number of piperidine rings is 1. The van der Waals surface area contributed by atoms with Crippen LogP contribution in [0.2, 0.25) is 0 Å². The third kappa shape index (κ3) is 2.54. The molecule has 1 N–H and O–H groups in total. The van der Waals surface area contributed by atoms with Crippen molar-refractivity contribution in [3.8, 4) is 10.6 Å². The van der Waals surface area contributed by atoms with Gasteiger partial charge in [-0.15, -0.1) is 11.3 Å². The van der Waals surface area contributed by atoms with Gasteiger partial charge in [-0.05, 0) is 24.3 Å². The summed E-state index contributed by atoms with van der Waals surface area (Å²) in [4.78, 5) is 14.8. The van der Waals surface area contributed by atoms with Crippen LogP contribution in [-0.4, -0.2) is 40.3 Å². The van der Waals surface area contributed by atoms with Crippen LogP contribution in [0.3, 0.4) is 0 Å². The number of amides is 1. The van der Waals surface area contributed by atoms with E-state index in [4.69, 9.17) is 4.52 Å². The Labute approximate surface area is 114 Å². The number of hydrogen-bond donors (Lipinski definition) is 1. The van der Waals surface area contributed by atoms with Gasteiger partial charge >= 0.3 is 0 Å². The van der Waals surface area contributed by atoms with Gasteiger partial charge in [-0.2, -0.15) is 0 Å². The van der Waals surface area contributed by atoms with Crippen molar-refractivity contribution in [3.05, 3.63) is 29.3 Å². The van der Waals surface area contributed by atoms with Crippen LogP contribution in [0.4, 0.5) is 0 Å². The monoisotopic (exact) mass is 278 g/mol. The van der Waals surface area contributed by atoms with E-state index >= 15 is 0 Å². The second kappa shape index (κ2) is 5.14. The van der Waals surface area contributed by atoms with E-state index in [1.807, 2.05) is 17.5 Å². The van der Waals surface area contributed by atoms with Crippen molar-refractivity contribution in [2.24, 2.45) is 0 Å². The molecule has 0 unspecified atom stereocenters. The number of hydrogen-bond acceptors (Lipinski definition) is 5. The summed E-state index contributed by atoms with van der Waals surface area (Å²) in [6.45, 7) is 1.04. The minimum atomic E-state index is -0.429. The molecule has 1 aliphatic rings. The standard InChI is InChI=1S/C13H14N2O3S/c16-9-3-1-5-15(8-9)13(17)10-7-11(18-14-10)12-4-2-6-19-12/h2,4,6-7,9,16H,1,3,5,8H2/t9-/m0/s1. The third-order valence-electron chi connectivity index (χ3n) is 3.18. The lowest BCUT2D eigenvalue weighted by molar-refractivity contribution is 0.0465. The molecule has 0 aromatic carbocycles. The average Bonchev–Trinajstić information content (AvgIpc) is 3.08. The lowest BCUT2D eigenvalue weighted by atomic mass is 10.1. The highest BCUT2D eigenvalue weighted by atomic mass is 32.1. The predicted molar refractivity (Wildman–Crippen MR) is 71.0 cm³/mol. The van der Waals surface area contributed by atoms with Crippen molar-refractivity contribution in [1.29, 1.82) is 0 Å². The van der Waals surface area contributed by atoms with Gasteiger partial charge < -0.3 is 14.5 Å². The number of carbonyl (C=O) groups is 1. The second-order valence-corrected chi connectivity index (χ2v) is 5.55. The molecule has 1 fully saturated rings. The van der Waals surface area contributed by atoms with Gasteiger partial charge in [-0.25, -0.2) is 0 Å². The zero-order valence-corrected chi connectivity index (χ0v) is 11.1. The van der Waals surface area contributed by atoms with Crippen LogP contribution >= 0.6 is 11.3 Å².